The molecule has 8 heteroatoms. The molecule has 0 unspecified atom stereocenters. The van der Waals surface area contributed by atoms with Gasteiger partial charge in [-0.05, 0) is 31.9 Å². The van der Waals surface area contributed by atoms with E-state index < -0.39 is 0 Å². The Kier molecular flexibility index (Phi) is 4.98. The summed E-state index contributed by atoms with van der Waals surface area (Å²) in [5, 5.41) is 17.4. The molecule has 25 heavy (non-hydrogen) atoms. The Labute approximate surface area is 149 Å². The van der Waals surface area contributed by atoms with Gasteiger partial charge in [0, 0.05) is 48.8 Å². The number of nitrogens with zero attached hydrogens (tertiary/aromatic N) is 3. The number of hydrogen-bond donors (Lipinski definition) is 1. The number of thiazole rings is 1. The van der Waals surface area contributed by atoms with Gasteiger partial charge in [0.1, 0.15) is 5.69 Å². The lowest BCUT2D eigenvalue weighted by atomic mass is 10.0. The fourth-order valence-electron chi connectivity index (χ4n) is 3.03. The van der Waals surface area contributed by atoms with Crippen molar-refractivity contribution in [1.82, 2.24) is 4.98 Å². The molecule has 1 aliphatic rings. The van der Waals surface area contributed by atoms with Crippen LogP contribution in [-0.2, 0) is 17.6 Å². The summed E-state index contributed by atoms with van der Waals surface area (Å²) >= 11 is 1.58. The second-order valence-corrected chi connectivity index (χ2v) is 7.25. The highest BCUT2D eigenvalue weighted by atomic mass is 32.1. The molecule has 1 aromatic heterocycles. The molecular weight excluding hydrogens is 340 g/mol. The van der Waals surface area contributed by atoms with Gasteiger partial charge in [-0.2, -0.15) is 0 Å². The number of anilines is 2. The Balaban J connectivity index is 1.97. The number of hydrogen-bond acceptors (Lipinski definition) is 6. The van der Waals surface area contributed by atoms with Crippen LogP contribution in [0.4, 0.5) is 17.1 Å². The minimum absolute atomic E-state index is 0.0498. The summed E-state index contributed by atoms with van der Waals surface area (Å²) in [4.78, 5) is 29.2. The average Bonchev–Trinajstić information content (AvgIpc) is 3.07. The van der Waals surface area contributed by atoms with Crippen LogP contribution in [0, 0.1) is 10.1 Å². The van der Waals surface area contributed by atoms with Crippen LogP contribution in [0.2, 0.25) is 0 Å². The molecular formula is C17H20N4O3S. The summed E-state index contributed by atoms with van der Waals surface area (Å²) < 4.78 is 0. The van der Waals surface area contributed by atoms with E-state index in [1.807, 2.05) is 24.1 Å². The van der Waals surface area contributed by atoms with Crippen molar-refractivity contribution in [3.05, 3.63) is 44.4 Å². The van der Waals surface area contributed by atoms with Gasteiger partial charge in [0.25, 0.3) is 5.69 Å². The number of benzene rings is 1. The van der Waals surface area contributed by atoms with Crippen LogP contribution in [0.3, 0.4) is 0 Å². The summed E-state index contributed by atoms with van der Waals surface area (Å²) in [5.41, 5.74) is 2.12. The van der Waals surface area contributed by atoms with Crippen molar-refractivity contribution in [3.63, 3.8) is 0 Å². The highest BCUT2D eigenvalue weighted by molar-refractivity contribution is 7.09. The summed E-state index contributed by atoms with van der Waals surface area (Å²) in [6.45, 7) is 4.63. The van der Waals surface area contributed by atoms with E-state index in [9.17, 15) is 14.9 Å². The first-order valence-corrected chi connectivity index (χ1v) is 9.10. The van der Waals surface area contributed by atoms with Gasteiger partial charge in [0.15, 0.2) is 0 Å². The lowest BCUT2D eigenvalue weighted by Gasteiger charge is -2.30. The summed E-state index contributed by atoms with van der Waals surface area (Å²) in [7, 11) is 0. The zero-order valence-electron chi connectivity index (χ0n) is 14.2. The zero-order chi connectivity index (χ0) is 18.0. The van der Waals surface area contributed by atoms with E-state index in [2.05, 4.69) is 10.3 Å². The molecule has 0 spiro atoms. The van der Waals surface area contributed by atoms with Crippen LogP contribution in [0.25, 0.3) is 0 Å². The third kappa shape index (κ3) is 3.79. The van der Waals surface area contributed by atoms with Crippen molar-refractivity contribution in [3.8, 4) is 0 Å². The third-order valence-electron chi connectivity index (χ3n) is 4.28. The average molecular weight is 360 g/mol. The number of aromatic nitrogens is 1. The minimum atomic E-state index is -0.342. The largest absolute Gasteiger partial charge is 0.363 e. The maximum Gasteiger partial charge on any atom is 0.292 e. The Bertz CT molecular complexity index is 789. The number of aryl methyl sites for hydroxylation is 1. The van der Waals surface area contributed by atoms with Gasteiger partial charge < -0.3 is 10.2 Å². The number of rotatable bonds is 6. The van der Waals surface area contributed by atoms with Crippen LogP contribution in [0.5, 0.6) is 0 Å². The van der Waals surface area contributed by atoms with Crippen LogP contribution in [0.1, 0.15) is 30.8 Å². The van der Waals surface area contributed by atoms with Crippen LogP contribution in [-0.4, -0.2) is 28.4 Å². The molecule has 2 aromatic rings. The predicted octanol–water partition coefficient (Wildman–Crippen LogP) is 3.39. The first kappa shape index (κ1) is 17.3. The van der Waals surface area contributed by atoms with E-state index in [0.717, 1.165) is 17.0 Å². The maximum atomic E-state index is 11.7. The number of amides is 1. The summed E-state index contributed by atoms with van der Waals surface area (Å²) in [5.74, 6) is -0.0498. The highest BCUT2D eigenvalue weighted by Crippen LogP contribution is 2.37. The number of carbonyl (C=O) groups excluding carboxylic acids is 1. The van der Waals surface area contributed by atoms with Crippen molar-refractivity contribution in [2.75, 3.05) is 16.8 Å². The fourth-order valence-corrected chi connectivity index (χ4v) is 3.64. The van der Waals surface area contributed by atoms with E-state index in [1.165, 1.54) is 0 Å². The standard InChI is InChI=1S/C17H20N4O3S/c1-11(2)20(7-5-17-18-6-8-25-17)14-10-13-12(3-4-16(22)19-13)9-15(14)21(23)24/h6,8-11H,3-5,7H2,1-2H3,(H,19,22). The molecule has 1 aromatic carbocycles. The second-order valence-electron chi connectivity index (χ2n) is 6.27. The van der Waals surface area contributed by atoms with Crippen molar-refractivity contribution in [2.24, 2.45) is 0 Å². The molecule has 0 saturated heterocycles. The number of fused-ring (bicyclic) bond motifs is 1. The Morgan fingerprint density at radius 1 is 1.40 bits per heavy atom. The van der Waals surface area contributed by atoms with Crippen LogP contribution >= 0.6 is 11.3 Å². The number of nitrogens with one attached hydrogen (secondary N) is 1. The van der Waals surface area contributed by atoms with Crippen molar-refractivity contribution in [1.29, 1.82) is 0 Å². The molecule has 7 nitrogen and oxygen atoms in total. The van der Waals surface area contributed by atoms with Gasteiger partial charge in [-0.25, -0.2) is 4.98 Å². The zero-order valence-corrected chi connectivity index (χ0v) is 15.0. The molecule has 0 saturated carbocycles. The van der Waals surface area contributed by atoms with E-state index in [1.54, 1.807) is 29.7 Å². The lowest BCUT2D eigenvalue weighted by Crippen LogP contribution is -2.33. The number of nitro benzene ring substituents is 1. The number of nitro groups is 1. The Morgan fingerprint density at radius 2 is 2.20 bits per heavy atom. The first-order valence-electron chi connectivity index (χ1n) is 8.22. The Hall–Kier alpha value is -2.48. The Morgan fingerprint density at radius 3 is 2.84 bits per heavy atom. The summed E-state index contributed by atoms with van der Waals surface area (Å²) in [6.07, 6.45) is 3.37. The van der Waals surface area contributed by atoms with Crippen LogP contribution < -0.4 is 10.2 Å². The SMILES string of the molecule is CC(C)N(CCc1nccs1)c1cc2c(cc1[N+](=O)[O-])CCC(=O)N2. The van der Waals surface area contributed by atoms with Gasteiger partial charge in [-0.3, -0.25) is 14.9 Å². The number of carbonyl (C=O) groups is 1. The minimum Gasteiger partial charge on any atom is -0.363 e. The normalized spacial score (nSPS) is 13.5. The second kappa shape index (κ2) is 7.18. The first-order chi connectivity index (χ1) is 12.0. The van der Waals surface area contributed by atoms with E-state index in [0.29, 0.717) is 30.8 Å². The van der Waals surface area contributed by atoms with Gasteiger partial charge in [0.2, 0.25) is 5.91 Å². The van der Waals surface area contributed by atoms with Gasteiger partial charge in [-0.1, -0.05) is 0 Å². The molecule has 0 fully saturated rings. The highest BCUT2D eigenvalue weighted by Gasteiger charge is 2.26. The summed E-state index contributed by atoms with van der Waals surface area (Å²) in [6, 6.07) is 3.42. The van der Waals surface area contributed by atoms with E-state index in [-0.39, 0.29) is 22.6 Å². The smallest absolute Gasteiger partial charge is 0.292 e. The van der Waals surface area contributed by atoms with Crippen molar-refractivity contribution < 1.29 is 9.72 Å². The molecule has 2 heterocycles. The molecule has 1 N–H and O–H groups in total. The predicted molar refractivity (Wildman–Crippen MR) is 98.3 cm³/mol. The van der Waals surface area contributed by atoms with Gasteiger partial charge in [0.05, 0.1) is 9.93 Å². The monoisotopic (exact) mass is 360 g/mol. The third-order valence-corrected chi connectivity index (χ3v) is 5.11. The quantitative estimate of drug-likeness (QED) is 0.630. The van der Waals surface area contributed by atoms with Crippen molar-refractivity contribution in [2.45, 2.75) is 39.2 Å². The van der Waals surface area contributed by atoms with Gasteiger partial charge in [-0.15, -0.1) is 11.3 Å². The molecule has 0 aliphatic carbocycles. The van der Waals surface area contributed by atoms with Crippen LogP contribution in [0.15, 0.2) is 23.7 Å². The molecule has 132 valence electrons. The molecule has 0 atom stereocenters. The molecule has 0 radical (unpaired) electrons. The molecule has 0 bridgehead atoms. The van der Waals surface area contributed by atoms with Crippen molar-refractivity contribution >= 4 is 34.3 Å². The molecule has 3 rings (SSSR count). The van der Waals surface area contributed by atoms with E-state index in [4.69, 9.17) is 0 Å². The fraction of sp³-hybridized carbons (Fsp3) is 0.412. The molecule has 1 aliphatic heterocycles. The molecule has 1 amide bonds. The maximum absolute atomic E-state index is 11.7. The van der Waals surface area contributed by atoms with Gasteiger partial charge >= 0.3 is 0 Å². The lowest BCUT2D eigenvalue weighted by molar-refractivity contribution is -0.384. The topological polar surface area (TPSA) is 88.4 Å². The van der Waals surface area contributed by atoms with E-state index >= 15 is 0 Å².